The Balaban J connectivity index is 0.000000273. The molecule has 3 aromatic rings. The Labute approximate surface area is 215 Å². The fourth-order valence-corrected chi connectivity index (χ4v) is 3.19. The molecule has 0 spiro atoms. The molecule has 0 aromatic carbocycles. The molecule has 0 N–H and O–H groups in total. The third-order valence-corrected chi connectivity index (χ3v) is 5.51. The molecule has 0 bridgehead atoms. The Morgan fingerprint density at radius 1 is 0.583 bits per heavy atom. The molecule has 0 saturated carbocycles. The van der Waals surface area contributed by atoms with Crippen LogP contribution in [0.4, 0.5) is 13.2 Å². The minimum atomic E-state index is -4.35. The second-order valence-electron chi connectivity index (χ2n) is 12.0. The lowest BCUT2D eigenvalue weighted by Crippen LogP contribution is -2.14. The normalized spacial score (nSPS) is 12.2. The SMILES string of the molecule is CC(C)(C)c1ccc(C(F)(F)F)nc1.Cc1ccc(C(C)(C)C)cn1.Cc1ncccc1C(C)(C)C. The van der Waals surface area contributed by atoms with Gasteiger partial charge in [-0.3, -0.25) is 15.0 Å². The van der Waals surface area contributed by atoms with E-state index in [2.05, 4.69) is 81.6 Å². The van der Waals surface area contributed by atoms with Gasteiger partial charge in [0.05, 0.1) is 0 Å². The highest BCUT2D eigenvalue weighted by molar-refractivity contribution is 5.26. The Morgan fingerprint density at radius 3 is 1.39 bits per heavy atom. The number of hydrogen-bond acceptors (Lipinski definition) is 3. The molecule has 3 heterocycles. The summed E-state index contributed by atoms with van der Waals surface area (Å²) in [6.45, 7) is 23.0. The minimum Gasteiger partial charge on any atom is -0.261 e. The van der Waals surface area contributed by atoms with Gasteiger partial charge >= 0.3 is 6.18 Å². The first-order valence-corrected chi connectivity index (χ1v) is 12.1. The van der Waals surface area contributed by atoms with Crippen molar-refractivity contribution >= 4 is 0 Å². The van der Waals surface area contributed by atoms with Gasteiger partial charge in [0.1, 0.15) is 5.69 Å². The number of halogens is 3. The van der Waals surface area contributed by atoms with Crippen LogP contribution in [0, 0.1) is 13.8 Å². The molecule has 0 aliphatic heterocycles. The summed E-state index contributed by atoms with van der Waals surface area (Å²) >= 11 is 0. The molecule has 198 valence electrons. The number of aromatic nitrogens is 3. The van der Waals surface area contributed by atoms with E-state index >= 15 is 0 Å². The number of pyridine rings is 3. The van der Waals surface area contributed by atoms with Crippen LogP contribution in [0.5, 0.6) is 0 Å². The molecule has 0 saturated heterocycles. The van der Waals surface area contributed by atoms with Crippen molar-refractivity contribution in [3.05, 3.63) is 88.8 Å². The van der Waals surface area contributed by atoms with Gasteiger partial charge in [0.2, 0.25) is 0 Å². The molecule has 0 fully saturated rings. The summed E-state index contributed by atoms with van der Waals surface area (Å²) in [6, 6.07) is 10.8. The van der Waals surface area contributed by atoms with Crippen LogP contribution in [0.2, 0.25) is 0 Å². The predicted octanol–water partition coefficient (Wildman–Crippen LogP) is 8.77. The highest BCUT2D eigenvalue weighted by atomic mass is 19.4. The van der Waals surface area contributed by atoms with E-state index in [1.807, 2.05) is 46.2 Å². The van der Waals surface area contributed by atoms with Crippen LogP contribution in [-0.4, -0.2) is 15.0 Å². The third kappa shape index (κ3) is 10.5. The number of nitrogens with zero attached hydrogens (tertiary/aromatic N) is 3. The van der Waals surface area contributed by atoms with Gasteiger partial charge in [-0.1, -0.05) is 80.5 Å². The van der Waals surface area contributed by atoms with Crippen LogP contribution in [0.25, 0.3) is 0 Å². The summed E-state index contributed by atoms with van der Waals surface area (Å²) in [5, 5.41) is 0. The molecule has 6 heteroatoms. The lowest BCUT2D eigenvalue weighted by atomic mass is 9.86. The number of hydrogen-bond donors (Lipinski definition) is 0. The predicted molar refractivity (Wildman–Crippen MR) is 143 cm³/mol. The monoisotopic (exact) mass is 501 g/mol. The van der Waals surface area contributed by atoms with Gasteiger partial charge in [-0.05, 0) is 65.0 Å². The van der Waals surface area contributed by atoms with Crippen LogP contribution in [0.1, 0.15) is 96.1 Å². The molecule has 3 rings (SSSR count). The van der Waals surface area contributed by atoms with Gasteiger partial charge < -0.3 is 0 Å². The second kappa shape index (κ2) is 12.0. The molecule has 3 aromatic heterocycles. The first-order valence-electron chi connectivity index (χ1n) is 12.1. The smallest absolute Gasteiger partial charge is 0.261 e. The van der Waals surface area contributed by atoms with Crippen LogP contribution >= 0.6 is 0 Å². The Morgan fingerprint density at radius 2 is 1.08 bits per heavy atom. The first-order chi connectivity index (χ1) is 16.2. The van der Waals surface area contributed by atoms with Gasteiger partial charge in [0.25, 0.3) is 0 Å². The van der Waals surface area contributed by atoms with Crippen molar-refractivity contribution in [2.24, 2.45) is 0 Å². The molecule has 3 nitrogen and oxygen atoms in total. The number of alkyl halides is 3. The summed E-state index contributed by atoms with van der Waals surface area (Å²) in [7, 11) is 0. The zero-order valence-corrected chi connectivity index (χ0v) is 23.7. The fourth-order valence-electron chi connectivity index (χ4n) is 3.19. The van der Waals surface area contributed by atoms with E-state index in [4.69, 9.17) is 0 Å². The summed E-state index contributed by atoms with van der Waals surface area (Å²) in [5.41, 5.74) is 5.08. The van der Waals surface area contributed by atoms with Gasteiger partial charge in [-0.2, -0.15) is 13.2 Å². The van der Waals surface area contributed by atoms with Crippen molar-refractivity contribution in [3.63, 3.8) is 0 Å². The van der Waals surface area contributed by atoms with Gasteiger partial charge in [0, 0.05) is 30.0 Å². The molecule has 0 amide bonds. The largest absolute Gasteiger partial charge is 0.433 e. The topological polar surface area (TPSA) is 38.7 Å². The number of rotatable bonds is 0. The van der Waals surface area contributed by atoms with Crippen molar-refractivity contribution in [1.82, 2.24) is 15.0 Å². The van der Waals surface area contributed by atoms with E-state index in [9.17, 15) is 13.2 Å². The van der Waals surface area contributed by atoms with E-state index in [-0.39, 0.29) is 16.2 Å². The van der Waals surface area contributed by atoms with Crippen LogP contribution in [0.15, 0.2) is 55.0 Å². The van der Waals surface area contributed by atoms with Crippen molar-refractivity contribution in [2.75, 3.05) is 0 Å². The lowest BCUT2D eigenvalue weighted by Gasteiger charge is -2.20. The fraction of sp³-hybridized carbons (Fsp3) is 0.500. The average molecular weight is 502 g/mol. The summed E-state index contributed by atoms with van der Waals surface area (Å²) in [4.78, 5) is 11.9. The summed E-state index contributed by atoms with van der Waals surface area (Å²) in [5.74, 6) is 0. The highest BCUT2D eigenvalue weighted by Gasteiger charge is 2.32. The first kappa shape index (κ1) is 31.3. The summed E-state index contributed by atoms with van der Waals surface area (Å²) < 4.78 is 36.5. The van der Waals surface area contributed by atoms with Gasteiger partial charge in [0.15, 0.2) is 0 Å². The van der Waals surface area contributed by atoms with Crippen molar-refractivity contribution in [2.45, 2.75) is 98.6 Å². The Hall–Kier alpha value is -2.76. The number of aryl methyl sites for hydroxylation is 2. The maximum atomic E-state index is 12.2. The quantitative estimate of drug-likeness (QED) is 0.309. The second-order valence-corrected chi connectivity index (χ2v) is 12.0. The zero-order chi connectivity index (χ0) is 27.9. The molecule has 0 atom stereocenters. The highest BCUT2D eigenvalue weighted by Crippen LogP contribution is 2.29. The molecule has 36 heavy (non-hydrogen) atoms. The van der Waals surface area contributed by atoms with Crippen LogP contribution < -0.4 is 0 Å². The van der Waals surface area contributed by atoms with E-state index in [1.165, 1.54) is 23.4 Å². The molecule has 0 aliphatic carbocycles. The standard InChI is InChI=1S/C10H12F3N.2C10H15N/c1-9(2,3)7-4-5-8(14-6-7)10(11,12)13;1-8-5-6-9(7-11-8)10(2,3)4;1-8-9(10(2,3)4)6-5-7-11-8/h4-6H,1-3H3;2*5-7H,1-4H3. The zero-order valence-electron chi connectivity index (χ0n) is 23.7. The summed E-state index contributed by atoms with van der Waals surface area (Å²) in [6.07, 6.45) is 0.721. The maximum absolute atomic E-state index is 12.2. The van der Waals surface area contributed by atoms with Gasteiger partial charge in [-0.25, -0.2) is 0 Å². The average Bonchev–Trinajstić information content (AvgIpc) is 2.73. The molecular weight excluding hydrogens is 459 g/mol. The van der Waals surface area contributed by atoms with E-state index in [0.29, 0.717) is 0 Å². The maximum Gasteiger partial charge on any atom is 0.433 e. The Bertz CT molecular complexity index is 1030. The van der Waals surface area contributed by atoms with Gasteiger partial charge in [-0.15, -0.1) is 0 Å². The third-order valence-electron chi connectivity index (χ3n) is 5.51. The minimum absolute atomic E-state index is 0.170. The molecule has 0 aliphatic rings. The molecule has 0 radical (unpaired) electrons. The van der Waals surface area contributed by atoms with Crippen LogP contribution in [0.3, 0.4) is 0 Å². The van der Waals surface area contributed by atoms with Crippen molar-refractivity contribution in [3.8, 4) is 0 Å². The van der Waals surface area contributed by atoms with E-state index in [0.717, 1.165) is 23.0 Å². The van der Waals surface area contributed by atoms with Crippen molar-refractivity contribution in [1.29, 1.82) is 0 Å². The Kier molecular flexibility index (Phi) is 10.4. The van der Waals surface area contributed by atoms with Crippen molar-refractivity contribution < 1.29 is 13.2 Å². The molecular formula is C30H42F3N3. The van der Waals surface area contributed by atoms with E-state index < -0.39 is 11.9 Å². The van der Waals surface area contributed by atoms with E-state index in [1.54, 1.807) is 0 Å². The van der Waals surface area contributed by atoms with Crippen LogP contribution in [-0.2, 0) is 22.4 Å². The lowest BCUT2D eigenvalue weighted by molar-refractivity contribution is -0.141. The molecule has 0 unspecified atom stereocenters.